The second-order valence-corrected chi connectivity index (χ2v) is 18.0. The van der Waals surface area contributed by atoms with Crippen molar-refractivity contribution in [3.05, 3.63) is 82.0 Å². The average molecular weight is 810 g/mol. The highest BCUT2D eigenvalue weighted by molar-refractivity contribution is 7.92. The van der Waals surface area contributed by atoms with Gasteiger partial charge in [-0.1, -0.05) is 36.7 Å². The lowest BCUT2D eigenvalue weighted by atomic mass is 9.68. The molecule has 3 aromatic rings. The maximum Gasteiger partial charge on any atom is 0.286 e. The molecule has 1 unspecified atom stereocenters. The van der Waals surface area contributed by atoms with Crippen LogP contribution in [0.15, 0.2) is 59.1 Å². The van der Waals surface area contributed by atoms with Crippen molar-refractivity contribution in [1.82, 2.24) is 14.5 Å². The third kappa shape index (κ3) is 8.36. The third-order valence-electron chi connectivity index (χ3n) is 11.8. The molecule has 2 amide bonds. The predicted octanol–water partition coefficient (Wildman–Crippen LogP) is 5.79. The number of carbonyl (C=O) groups is 2. The van der Waals surface area contributed by atoms with Crippen LogP contribution in [0, 0.1) is 17.8 Å². The summed E-state index contributed by atoms with van der Waals surface area (Å²) >= 11 is 6.48. The van der Waals surface area contributed by atoms with Gasteiger partial charge in [-0.05, 0) is 85.4 Å². The number of halogens is 1. The van der Waals surface area contributed by atoms with Crippen LogP contribution in [0.1, 0.15) is 64.4 Å². The van der Waals surface area contributed by atoms with Crippen molar-refractivity contribution in [1.29, 1.82) is 0 Å². The van der Waals surface area contributed by atoms with E-state index in [1.165, 1.54) is 29.1 Å². The maximum absolute atomic E-state index is 15.0. The summed E-state index contributed by atoms with van der Waals surface area (Å²) in [6.45, 7) is 4.35. The highest BCUT2D eigenvalue weighted by Crippen LogP contribution is 2.47. The van der Waals surface area contributed by atoms with Crippen LogP contribution in [0.5, 0.6) is 11.6 Å². The van der Waals surface area contributed by atoms with E-state index in [-0.39, 0.29) is 46.8 Å². The van der Waals surface area contributed by atoms with Gasteiger partial charge in [-0.2, -0.15) is 0 Å². The van der Waals surface area contributed by atoms with E-state index in [4.69, 9.17) is 35.3 Å². The molecule has 7 atom stereocenters. The number of nitrogens with one attached hydrogen (secondary N) is 1. The van der Waals surface area contributed by atoms with Gasteiger partial charge in [0.2, 0.25) is 5.88 Å². The van der Waals surface area contributed by atoms with Gasteiger partial charge in [0.1, 0.15) is 21.2 Å². The number of benzene rings is 2. The van der Waals surface area contributed by atoms with Crippen LogP contribution >= 0.6 is 11.6 Å². The number of hydrogen-bond donors (Lipinski definition) is 1. The SMILES string of the molecule is COCCO[C@H]1/C=C/[C@H](OC)[C@@H]2CC[C@H]2CN2C[C@@]3(CCCc4cc(Cl)ccc43)COc3ccc(cc32)C(=O)N=S(=O)(NC(=O)c2cn(C)nc2OC)C[C@H]1C. The number of ether oxygens (including phenoxy) is 5. The first-order chi connectivity index (χ1) is 26.9. The zero-order valence-corrected chi connectivity index (χ0v) is 34.3. The Labute approximate surface area is 334 Å². The first kappa shape index (κ1) is 40.3. The van der Waals surface area contributed by atoms with Gasteiger partial charge in [0.05, 0.1) is 50.6 Å². The summed E-state index contributed by atoms with van der Waals surface area (Å²) in [5.74, 6) is -0.850. The molecule has 2 aliphatic carbocycles. The Bertz CT molecular complexity index is 2100. The lowest BCUT2D eigenvalue weighted by Crippen LogP contribution is -2.49. The van der Waals surface area contributed by atoms with E-state index in [9.17, 15) is 13.8 Å². The number of rotatable bonds is 8. The predicted molar refractivity (Wildman–Crippen MR) is 214 cm³/mol. The molecule has 15 heteroatoms. The van der Waals surface area contributed by atoms with E-state index in [1.54, 1.807) is 39.5 Å². The molecule has 2 aromatic carbocycles. The highest BCUT2D eigenvalue weighted by Gasteiger charge is 2.44. The van der Waals surface area contributed by atoms with Crippen molar-refractivity contribution >= 4 is 39.0 Å². The minimum absolute atomic E-state index is 0.0523. The van der Waals surface area contributed by atoms with Gasteiger partial charge in [-0.25, -0.2) is 4.21 Å². The fraction of sp³-hybridized carbons (Fsp3) is 0.537. The second kappa shape index (κ2) is 16.9. The lowest BCUT2D eigenvalue weighted by molar-refractivity contribution is 0.00693. The number of methoxy groups -OCH3 is 3. The van der Waals surface area contributed by atoms with Crippen LogP contribution in [0.3, 0.4) is 0 Å². The molecule has 0 saturated heterocycles. The summed E-state index contributed by atoms with van der Waals surface area (Å²) in [5.41, 5.74) is 3.26. The highest BCUT2D eigenvalue weighted by atomic mass is 35.5. The van der Waals surface area contributed by atoms with Crippen LogP contribution in [-0.2, 0) is 43.0 Å². The van der Waals surface area contributed by atoms with Gasteiger partial charge in [-0.3, -0.25) is 19.0 Å². The Morgan fingerprint density at radius 2 is 1.93 bits per heavy atom. The molecule has 302 valence electrons. The van der Waals surface area contributed by atoms with Gasteiger partial charge in [0.25, 0.3) is 11.8 Å². The molecule has 3 heterocycles. The van der Waals surface area contributed by atoms with E-state index in [1.807, 2.05) is 25.1 Å². The molecule has 1 spiro atoms. The average Bonchev–Trinajstić information content (AvgIpc) is 3.48. The molecule has 7 rings (SSSR count). The van der Waals surface area contributed by atoms with E-state index >= 15 is 0 Å². The molecule has 1 saturated carbocycles. The van der Waals surface area contributed by atoms with Crippen LogP contribution in [0.2, 0.25) is 5.02 Å². The van der Waals surface area contributed by atoms with Crippen LogP contribution < -0.4 is 19.1 Å². The lowest BCUT2D eigenvalue weighted by Gasteiger charge is -2.46. The molecule has 1 aromatic heterocycles. The van der Waals surface area contributed by atoms with Gasteiger partial charge < -0.3 is 28.6 Å². The number of carbonyl (C=O) groups excluding carboxylic acids is 2. The van der Waals surface area contributed by atoms with E-state index < -0.39 is 33.8 Å². The summed E-state index contributed by atoms with van der Waals surface area (Å²) < 4.78 is 53.0. The van der Waals surface area contributed by atoms with Crippen molar-refractivity contribution in [2.75, 3.05) is 64.9 Å². The standard InChI is InChI=1S/C41H52ClN5O8S/c1-26-23-56(50,45-39(49)32-22-46(2)43-40(32)53-5)44-38(48)28-9-13-37-34(20-28)47(24-41(25-55-37)16-6-7-27-19-30(42)10-12-33(27)41)21-29-8-11-31(29)36(52-4)15-14-35(26)54-18-17-51-3/h9-10,12-15,19-20,22,26,29,31,35-36H,6-8,11,16-18,21,23-25H2,1-5H3,(H,44,45,48,49,50)/b15-14+/t26-,29+,31-,35+,36+,41+,56?/m1/s1. The third-order valence-corrected chi connectivity index (χ3v) is 13.9. The zero-order chi connectivity index (χ0) is 39.6. The van der Waals surface area contributed by atoms with Crippen LogP contribution in [0.4, 0.5) is 5.69 Å². The van der Waals surface area contributed by atoms with Crippen molar-refractivity contribution < 1.29 is 37.5 Å². The van der Waals surface area contributed by atoms with Crippen LogP contribution in [0.25, 0.3) is 0 Å². The second-order valence-electron chi connectivity index (χ2n) is 15.5. The normalized spacial score (nSPS) is 29.5. The molecule has 0 radical (unpaired) electrons. The number of hydrogen-bond acceptors (Lipinski definition) is 10. The molecule has 13 nitrogen and oxygen atoms in total. The van der Waals surface area contributed by atoms with E-state index in [2.05, 4.69) is 31.2 Å². The first-order valence-electron chi connectivity index (χ1n) is 19.3. The van der Waals surface area contributed by atoms with Crippen molar-refractivity contribution in [3.8, 4) is 11.6 Å². The van der Waals surface area contributed by atoms with Gasteiger partial charge in [0, 0.05) is 62.5 Å². The smallest absolute Gasteiger partial charge is 0.286 e. The molecular weight excluding hydrogens is 758 g/mol. The van der Waals surface area contributed by atoms with Crippen molar-refractivity contribution in [3.63, 3.8) is 0 Å². The summed E-state index contributed by atoms with van der Waals surface area (Å²) in [5, 5.41) is 4.89. The number of aryl methyl sites for hydroxylation is 2. The number of fused-ring (bicyclic) bond motifs is 4. The van der Waals surface area contributed by atoms with Gasteiger partial charge in [0.15, 0.2) is 0 Å². The Balaban J connectivity index is 1.33. The monoisotopic (exact) mass is 809 g/mol. The quantitative estimate of drug-likeness (QED) is 0.220. The fourth-order valence-electron chi connectivity index (χ4n) is 8.79. The molecule has 4 aliphatic rings. The Hall–Kier alpha value is -3.95. The zero-order valence-electron chi connectivity index (χ0n) is 32.7. The Morgan fingerprint density at radius 3 is 2.68 bits per heavy atom. The summed E-state index contributed by atoms with van der Waals surface area (Å²) in [4.78, 5) is 30.4. The summed E-state index contributed by atoms with van der Waals surface area (Å²) in [7, 11) is 2.59. The Morgan fingerprint density at radius 1 is 1.11 bits per heavy atom. The number of anilines is 1. The minimum atomic E-state index is -3.77. The number of nitrogens with zero attached hydrogens (tertiary/aromatic N) is 4. The van der Waals surface area contributed by atoms with Gasteiger partial charge >= 0.3 is 0 Å². The summed E-state index contributed by atoms with van der Waals surface area (Å²) in [6, 6.07) is 11.4. The van der Waals surface area contributed by atoms with Crippen molar-refractivity contribution in [2.24, 2.45) is 29.2 Å². The Kier molecular flexibility index (Phi) is 12.1. The molecule has 56 heavy (non-hydrogen) atoms. The molecule has 2 aliphatic heterocycles. The number of amides is 2. The molecule has 2 bridgehead atoms. The number of aromatic nitrogens is 2. The van der Waals surface area contributed by atoms with E-state index in [0.29, 0.717) is 31.4 Å². The van der Waals surface area contributed by atoms with E-state index in [0.717, 1.165) is 49.4 Å². The maximum atomic E-state index is 15.0. The minimum Gasteiger partial charge on any atom is -0.490 e. The van der Waals surface area contributed by atoms with Gasteiger partial charge in [-0.15, -0.1) is 9.46 Å². The van der Waals surface area contributed by atoms with Crippen LogP contribution in [-0.4, -0.2) is 98.0 Å². The molecular formula is C41H52ClN5O8S. The largest absolute Gasteiger partial charge is 0.490 e. The molecule has 1 fully saturated rings. The van der Waals surface area contributed by atoms with Crippen molar-refractivity contribution in [2.45, 2.75) is 56.7 Å². The fourth-order valence-corrected chi connectivity index (χ4v) is 10.9. The summed E-state index contributed by atoms with van der Waals surface area (Å²) in [6.07, 6.45) is 9.62. The molecule has 1 N–H and O–H groups in total. The first-order valence-corrected chi connectivity index (χ1v) is 21.3. The topological polar surface area (TPSA) is 143 Å².